The Morgan fingerprint density at radius 1 is 0.369 bits per heavy atom. The Balaban J connectivity index is 1.11. The third-order valence-electron chi connectivity index (χ3n) is 13.7. The van der Waals surface area contributed by atoms with E-state index in [0.29, 0.717) is 0 Å². The van der Waals surface area contributed by atoms with Crippen LogP contribution < -0.4 is 4.90 Å². The molecule has 0 amide bonds. The fourth-order valence-electron chi connectivity index (χ4n) is 10.3. The fourth-order valence-corrected chi connectivity index (χ4v) is 10.3. The average Bonchev–Trinajstić information content (AvgIpc) is 3.86. The summed E-state index contributed by atoms with van der Waals surface area (Å²) in [7, 11) is 0. The van der Waals surface area contributed by atoms with Crippen molar-refractivity contribution >= 4 is 39.0 Å². The Morgan fingerprint density at radius 2 is 0.862 bits per heavy atom. The molecule has 9 aromatic carbocycles. The van der Waals surface area contributed by atoms with Crippen LogP contribution in [0.3, 0.4) is 0 Å². The normalized spacial score (nSPS) is 13.2. The van der Waals surface area contributed by atoms with E-state index >= 15 is 0 Å². The topological polar surface area (TPSA) is 16.4 Å². The number of benzene rings is 9. The fraction of sp³-hybridized carbons (Fsp3) is 0.143. The van der Waals surface area contributed by atoms with Gasteiger partial charge in [0.15, 0.2) is 0 Å². The number of rotatable bonds is 7. The molecule has 65 heavy (non-hydrogen) atoms. The second-order valence-electron chi connectivity index (χ2n) is 19.8. The Labute approximate surface area is 383 Å². The molecule has 0 bridgehead atoms. The van der Waals surface area contributed by atoms with E-state index in [9.17, 15) is 0 Å². The van der Waals surface area contributed by atoms with Gasteiger partial charge in [0.25, 0.3) is 0 Å². The first-order valence-corrected chi connectivity index (χ1v) is 22.9. The van der Waals surface area contributed by atoms with Gasteiger partial charge in [-0.15, -0.1) is 0 Å². The van der Waals surface area contributed by atoms with E-state index in [1.165, 1.54) is 55.6 Å². The largest absolute Gasteiger partial charge is 0.455 e. The number of para-hydroxylation sites is 2. The molecule has 1 aliphatic carbocycles. The summed E-state index contributed by atoms with van der Waals surface area (Å²) in [6, 6.07) is 78.5. The second kappa shape index (κ2) is 15.4. The molecule has 0 unspecified atom stereocenters. The van der Waals surface area contributed by atoms with Gasteiger partial charge in [0.1, 0.15) is 11.2 Å². The highest BCUT2D eigenvalue weighted by atomic mass is 16.3. The summed E-state index contributed by atoms with van der Waals surface area (Å²) in [5, 5.41) is 2.27. The van der Waals surface area contributed by atoms with Gasteiger partial charge in [0.2, 0.25) is 0 Å². The van der Waals surface area contributed by atoms with Crippen LogP contribution in [-0.4, -0.2) is 0 Å². The maximum atomic E-state index is 6.50. The van der Waals surface area contributed by atoms with Crippen molar-refractivity contribution in [1.29, 1.82) is 0 Å². The van der Waals surface area contributed by atoms with Crippen LogP contribution in [0.2, 0.25) is 0 Å². The van der Waals surface area contributed by atoms with Crippen LogP contribution in [0.4, 0.5) is 17.1 Å². The summed E-state index contributed by atoms with van der Waals surface area (Å²) in [6.45, 7) is 13.8. The van der Waals surface area contributed by atoms with E-state index in [4.69, 9.17) is 4.42 Å². The van der Waals surface area contributed by atoms with Crippen molar-refractivity contribution in [3.63, 3.8) is 0 Å². The Kier molecular flexibility index (Phi) is 9.55. The standard InChI is InChI=1S/C63H53NO/c1-61(2,3)45-27-31-47(32-28-45)63(48-33-29-46(30-34-48)62(4,5)6)57-21-12-10-17-53(57)54-40-39-51(41-58(54)63)64(49-35-23-43(24-36-49)42-15-8-7-9-16-42)50-37-25-44(26-38-50)52-19-14-20-56-55-18-11-13-22-59(55)65-60(52)56/h7-41H,1-6H3. The SMILES string of the molecule is CC(C)(C)c1ccc(C2(c3ccc(C(C)(C)C)cc3)c3ccccc3-c3ccc(N(c4ccc(-c5ccccc5)cc4)c4ccc(-c5cccc6c5oc5ccccc56)cc4)cc32)cc1. The molecular weight excluding hydrogens is 787 g/mol. The van der Waals surface area contributed by atoms with E-state index < -0.39 is 5.41 Å². The lowest BCUT2D eigenvalue weighted by Gasteiger charge is -2.36. The van der Waals surface area contributed by atoms with Gasteiger partial charge in [0, 0.05) is 33.4 Å². The molecular formula is C63H53NO. The molecule has 0 spiro atoms. The minimum absolute atomic E-state index is 0.0311. The van der Waals surface area contributed by atoms with Crippen molar-refractivity contribution < 1.29 is 4.42 Å². The van der Waals surface area contributed by atoms with Gasteiger partial charge in [-0.05, 0) is 114 Å². The van der Waals surface area contributed by atoms with Crippen LogP contribution in [-0.2, 0) is 16.2 Å². The van der Waals surface area contributed by atoms with Gasteiger partial charge in [0.05, 0.1) is 5.41 Å². The predicted molar refractivity (Wildman–Crippen MR) is 274 cm³/mol. The smallest absolute Gasteiger partial charge is 0.143 e. The van der Waals surface area contributed by atoms with E-state index in [1.807, 2.05) is 6.07 Å². The predicted octanol–water partition coefficient (Wildman–Crippen LogP) is 17.3. The van der Waals surface area contributed by atoms with Crippen LogP contribution in [0.5, 0.6) is 0 Å². The highest BCUT2D eigenvalue weighted by molar-refractivity contribution is 6.09. The first-order valence-electron chi connectivity index (χ1n) is 22.9. The number of fused-ring (bicyclic) bond motifs is 6. The maximum absolute atomic E-state index is 6.50. The summed E-state index contributed by atoms with van der Waals surface area (Å²) in [6.07, 6.45) is 0. The quantitative estimate of drug-likeness (QED) is 0.159. The first kappa shape index (κ1) is 40.4. The molecule has 11 rings (SSSR count). The van der Waals surface area contributed by atoms with E-state index in [1.54, 1.807) is 0 Å². The van der Waals surface area contributed by atoms with E-state index in [2.05, 4.69) is 253 Å². The third kappa shape index (κ3) is 6.79. The highest BCUT2D eigenvalue weighted by Gasteiger charge is 2.46. The summed E-state index contributed by atoms with van der Waals surface area (Å²) >= 11 is 0. The van der Waals surface area contributed by atoms with Crippen LogP contribution in [0.25, 0.3) is 55.3 Å². The van der Waals surface area contributed by atoms with Crippen LogP contribution in [0.15, 0.2) is 217 Å². The number of nitrogens with zero attached hydrogens (tertiary/aromatic N) is 1. The van der Waals surface area contributed by atoms with Gasteiger partial charge in [-0.25, -0.2) is 0 Å². The summed E-state index contributed by atoms with van der Waals surface area (Å²) in [4.78, 5) is 2.42. The molecule has 0 atom stereocenters. The average molecular weight is 840 g/mol. The van der Waals surface area contributed by atoms with Crippen molar-refractivity contribution in [2.45, 2.75) is 57.8 Å². The Morgan fingerprint density at radius 3 is 1.49 bits per heavy atom. The van der Waals surface area contributed by atoms with E-state index in [0.717, 1.165) is 50.1 Å². The lowest BCUT2D eigenvalue weighted by Crippen LogP contribution is -2.29. The number of hydrogen-bond donors (Lipinski definition) is 0. The van der Waals surface area contributed by atoms with Crippen molar-refractivity contribution in [2.24, 2.45) is 0 Å². The molecule has 1 aromatic heterocycles. The molecule has 0 fully saturated rings. The maximum Gasteiger partial charge on any atom is 0.143 e. The Bertz CT molecular complexity index is 3280. The minimum atomic E-state index is -0.563. The zero-order chi connectivity index (χ0) is 44.5. The van der Waals surface area contributed by atoms with Crippen molar-refractivity contribution in [3.05, 3.63) is 246 Å². The Hall–Kier alpha value is -7.42. The van der Waals surface area contributed by atoms with E-state index in [-0.39, 0.29) is 10.8 Å². The lowest BCUT2D eigenvalue weighted by molar-refractivity contribution is 0.588. The first-order chi connectivity index (χ1) is 31.5. The molecule has 2 nitrogen and oxygen atoms in total. The zero-order valence-electron chi connectivity index (χ0n) is 38.1. The molecule has 316 valence electrons. The molecule has 10 aromatic rings. The molecule has 0 N–H and O–H groups in total. The third-order valence-corrected chi connectivity index (χ3v) is 13.7. The van der Waals surface area contributed by atoms with Gasteiger partial charge >= 0.3 is 0 Å². The zero-order valence-corrected chi connectivity index (χ0v) is 38.1. The van der Waals surface area contributed by atoms with Crippen molar-refractivity contribution in [1.82, 2.24) is 0 Å². The summed E-state index contributed by atoms with van der Waals surface area (Å²) < 4.78 is 6.50. The molecule has 1 heterocycles. The van der Waals surface area contributed by atoms with Crippen LogP contribution in [0, 0.1) is 0 Å². The van der Waals surface area contributed by atoms with Gasteiger partial charge in [-0.1, -0.05) is 211 Å². The molecule has 1 aliphatic rings. The van der Waals surface area contributed by atoms with Gasteiger partial charge < -0.3 is 9.32 Å². The van der Waals surface area contributed by atoms with Gasteiger partial charge in [-0.2, -0.15) is 0 Å². The second-order valence-corrected chi connectivity index (χ2v) is 19.8. The van der Waals surface area contributed by atoms with Gasteiger partial charge in [-0.3, -0.25) is 0 Å². The summed E-state index contributed by atoms with van der Waals surface area (Å²) in [5.41, 5.74) is 19.4. The van der Waals surface area contributed by atoms with Crippen LogP contribution in [0.1, 0.15) is 74.9 Å². The molecule has 2 heteroatoms. The minimum Gasteiger partial charge on any atom is -0.455 e. The molecule has 0 saturated heterocycles. The molecule has 0 aliphatic heterocycles. The monoisotopic (exact) mass is 839 g/mol. The van der Waals surface area contributed by atoms with Crippen molar-refractivity contribution in [3.8, 4) is 33.4 Å². The molecule has 0 radical (unpaired) electrons. The number of furan rings is 1. The summed E-state index contributed by atoms with van der Waals surface area (Å²) in [5.74, 6) is 0. The highest BCUT2D eigenvalue weighted by Crippen LogP contribution is 2.57. The number of hydrogen-bond acceptors (Lipinski definition) is 2. The number of anilines is 3. The molecule has 0 saturated carbocycles. The van der Waals surface area contributed by atoms with Crippen LogP contribution >= 0.6 is 0 Å². The van der Waals surface area contributed by atoms with Crippen molar-refractivity contribution in [2.75, 3.05) is 4.90 Å². The lowest BCUT2D eigenvalue weighted by atomic mass is 9.67.